The summed E-state index contributed by atoms with van der Waals surface area (Å²) in [4.78, 5) is 17.9. The maximum absolute atomic E-state index is 13.9. The Kier molecular flexibility index (Phi) is 6.02. The number of aromatic nitrogens is 3. The number of pyridine rings is 1. The average molecular weight is 555 g/mol. The number of nitrogens with zero attached hydrogens (tertiary/aromatic N) is 3. The summed E-state index contributed by atoms with van der Waals surface area (Å²) < 4.78 is 24.0. The van der Waals surface area contributed by atoms with Gasteiger partial charge in [0.05, 0.1) is 23.7 Å². The molecule has 1 atom stereocenters. The Morgan fingerprint density at radius 3 is 2.70 bits per heavy atom. The van der Waals surface area contributed by atoms with Crippen LogP contribution in [0.3, 0.4) is 0 Å². The Balaban J connectivity index is 1.63. The quantitative estimate of drug-likeness (QED) is 0.284. The molecule has 1 aliphatic heterocycles. The van der Waals surface area contributed by atoms with Crippen molar-refractivity contribution in [3.05, 3.63) is 117 Å². The number of hydrogen-bond acceptors (Lipinski definition) is 4. The Morgan fingerprint density at radius 1 is 1.10 bits per heavy atom. The lowest BCUT2D eigenvalue weighted by Gasteiger charge is -2.37. The van der Waals surface area contributed by atoms with Crippen molar-refractivity contribution in [1.82, 2.24) is 19.4 Å². The maximum Gasteiger partial charge on any atom is 0.251 e. The molecule has 2 aliphatic rings. The molecule has 1 fully saturated rings. The number of hydrogen-bond donors (Lipinski definition) is 1. The fourth-order valence-corrected chi connectivity index (χ4v) is 6.25. The third kappa shape index (κ3) is 3.95. The second kappa shape index (κ2) is 9.61. The molecule has 3 heterocycles. The lowest BCUT2D eigenvalue weighted by Crippen LogP contribution is -2.47. The van der Waals surface area contributed by atoms with E-state index in [0.29, 0.717) is 10.8 Å². The van der Waals surface area contributed by atoms with Gasteiger partial charge in [0, 0.05) is 41.7 Å². The zero-order valence-corrected chi connectivity index (χ0v) is 22.8. The first-order chi connectivity index (χ1) is 19.5. The van der Waals surface area contributed by atoms with Crippen molar-refractivity contribution in [2.24, 2.45) is 7.05 Å². The van der Waals surface area contributed by atoms with Gasteiger partial charge < -0.3 is 13.9 Å². The summed E-state index contributed by atoms with van der Waals surface area (Å²) in [6, 6.07) is 21.8. The first-order valence-corrected chi connectivity index (χ1v) is 13.9. The molecule has 6 nitrogen and oxygen atoms in total. The molecule has 0 amide bonds. The molecule has 1 N–H and O–H groups in total. The standard InChI is InChI=1S/C32H28ClFN4O2/c1-37-19-35-17-30(37)32(36-12-11-34)22-5-9-28(33)21(13-22)18-40-25-4-2-3-20(14-25)26-16-31(39)38(24-7-8-24)29-10-6-23(32)15-27(26)29/h2-6,9-10,13-17,19,24,36H,7-8,11-12,18H2,1H3. The molecule has 0 radical (unpaired) electrons. The minimum absolute atomic E-state index is 0.0136. The molecule has 8 heteroatoms. The van der Waals surface area contributed by atoms with Crippen molar-refractivity contribution in [2.45, 2.75) is 31.0 Å². The highest BCUT2D eigenvalue weighted by atomic mass is 35.5. The molecule has 7 rings (SSSR count). The number of rotatable bonds is 5. The Labute approximate surface area is 236 Å². The fraction of sp³-hybridized carbons (Fsp3) is 0.250. The molecule has 0 spiro atoms. The summed E-state index contributed by atoms with van der Waals surface area (Å²) in [5.74, 6) is 0.683. The van der Waals surface area contributed by atoms with E-state index in [-0.39, 0.29) is 24.8 Å². The number of benzene rings is 3. The summed E-state index contributed by atoms with van der Waals surface area (Å²) in [5.41, 5.74) is 5.08. The third-order valence-electron chi connectivity index (χ3n) is 8.10. The molecule has 1 aliphatic carbocycles. The molecule has 5 aromatic rings. The molecule has 3 aromatic carbocycles. The van der Waals surface area contributed by atoms with Crippen LogP contribution in [0.4, 0.5) is 4.39 Å². The molecule has 1 saturated carbocycles. The Morgan fingerprint density at radius 2 is 1.93 bits per heavy atom. The van der Waals surface area contributed by atoms with Crippen LogP contribution in [0.2, 0.25) is 5.02 Å². The SMILES string of the molecule is Cn1cncc1C1(NCCF)c2ccc(Cl)c(c2)COc2cccc(c2)-c2cc(=O)n(C3CC3)c3ccc1cc23. The first-order valence-electron chi connectivity index (χ1n) is 13.5. The fourth-order valence-electron chi connectivity index (χ4n) is 6.08. The van der Waals surface area contributed by atoms with Crippen LogP contribution < -0.4 is 15.6 Å². The zero-order chi connectivity index (χ0) is 27.4. The lowest BCUT2D eigenvalue weighted by atomic mass is 9.78. The summed E-state index contributed by atoms with van der Waals surface area (Å²) in [6.07, 6.45) is 5.54. The highest BCUT2D eigenvalue weighted by Gasteiger charge is 2.39. The van der Waals surface area contributed by atoms with E-state index in [1.165, 1.54) is 0 Å². The van der Waals surface area contributed by atoms with Gasteiger partial charge in [-0.25, -0.2) is 9.37 Å². The topological polar surface area (TPSA) is 61.1 Å². The number of halogens is 2. The molecule has 40 heavy (non-hydrogen) atoms. The van der Waals surface area contributed by atoms with Crippen LogP contribution in [0, 0.1) is 0 Å². The van der Waals surface area contributed by atoms with Crippen LogP contribution in [0.25, 0.3) is 22.0 Å². The maximum atomic E-state index is 13.9. The van der Waals surface area contributed by atoms with E-state index in [1.807, 2.05) is 77.0 Å². The Hall–Kier alpha value is -3.94. The van der Waals surface area contributed by atoms with Crippen LogP contribution in [0.15, 0.2) is 84.0 Å². The largest absolute Gasteiger partial charge is 0.489 e. The van der Waals surface area contributed by atoms with E-state index in [9.17, 15) is 9.18 Å². The molecule has 6 bridgehead atoms. The van der Waals surface area contributed by atoms with Gasteiger partial charge in [-0.1, -0.05) is 35.9 Å². The van der Waals surface area contributed by atoms with E-state index < -0.39 is 12.2 Å². The molecular formula is C32H28ClFN4O2. The number of ether oxygens (including phenoxy) is 1. The summed E-state index contributed by atoms with van der Waals surface area (Å²) in [6.45, 7) is -0.182. The van der Waals surface area contributed by atoms with Gasteiger partial charge in [0.25, 0.3) is 5.56 Å². The molecule has 2 aromatic heterocycles. The number of aryl methyl sites for hydroxylation is 1. The van der Waals surface area contributed by atoms with E-state index in [4.69, 9.17) is 16.3 Å². The second-order valence-electron chi connectivity index (χ2n) is 10.6. The van der Waals surface area contributed by atoms with Crippen LogP contribution in [0.1, 0.15) is 41.3 Å². The smallest absolute Gasteiger partial charge is 0.251 e. The minimum Gasteiger partial charge on any atom is -0.489 e. The highest BCUT2D eigenvalue weighted by Crippen LogP contribution is 2.43. The summed E-state index contributed by atoms with van der Waals surface area (Å²) in [5, 5.41) is 5.07. The van der Waals surface area contributed by atoms with Gasteiger partial charge >= 0.3 is 0 Å². The van der Waals surface area contributed by atoms with E-state index in [0.717, 1.165) is 57.3 Å². The van der Waals surface area contributed by atoms with E-state index in [2.05, 4.69) is 16.4 Å². The predicted octanol–water partition coefficient (Wildman–Crippen LogP) is 6.13. The predicted molar refractivity (Wildman–Crippen MR) is 155 cm³/mol. The molecule has 0 saturated heterocycles. The van der Waals surface area contributed by atoms with E-state index >= 15 is 0 Å². The van der Waals surface area contributed by atoms with Crippen LogP contribution in [-0.4, -0.2) is 27.3 Å². The molecule has 202 valence electrons. The first kappa shape index (κ1) is 25.1. The van der Waals surface area contributed by atoms with Crippen LogP contribution in [-0.2, 0) is 19.2 Å². The van der Waals surface area contributed by atoms with Crippen LogP contribution in [0.5, 0.6) is 5.75 Å². The Bertz CT molecular complexity index is 1830. The van der Waals surface area contributed by atoms with Crippen molar-refractivity contribution in [3.63, 3.8) is 0 Å². The molecule has 1 unspecified atom stereocenters. The molecular weight excluding hydrogens is 527 g/mol. The number of imidazole rings is 1. The number of alkyl halides is 1. The van der Waals surface area contributed by atoms with Gasteiger partial charge in [-0.15, -0.1) is 0 Å². The second-order valence-corrected chi connectivity index (χ2v) is 11.0. The zero-order valence-electron chi connectivity index (χ0n) is 22.0. The van der Waals surface area contributed by atoms with Gasteiger partial charge in [0.15, 0.2) is 0 Å². The van der Waals surface area contributed by atoms with Crippen molar-refractivity contribution >= 4 is 22.5 Å². The normalized spacial score (nSPS) is 18.2. The highest BCUT2D eigenvalue weighted by molar-refractivity contribution is 6.31. The average Bonchev–Trinajstić information content (AvgIpc) is 3.71. The van der Waals surface area contributed by atoms with Crippen molar-refractivity contribution in [3.8, 4) is 16.9 Å². The van der Waals surface area contributed by atoms with Crippen molar-refractivity contribution < 1.29 is 9.13 Å². The van der Waals surface area contributed by atoms with Gasteiger partial charge in [-0.05, 0) is 71.5 Å². The van der Waals surface area contributed by atoms with Gasteiger partial charge in [0.1, 0.15) is 24.6 Å². The number of nitrogens with one attached hydrogen (secondary N) is 1. The van der Waals surface area contributed by atoms with Gasteiger partial charge in [-0.2, -0.15) is 0 Å². The van der Waals surface area contributed by atoms with Crippen LogP contribution >= 0.6 is 11.6 Å². The van der Waals surface area contributed by atoms with Gasteiger partial charge in [-0.3, -0.25) is 10.1 Å². The lowest BCUT2D eigenvalue weighted by molar-refractivity contribution is 0.306. The van der Waals surface area contributed by atoms with Crippen molar-refractivity contribution in [2.75, 3.05) is 13.2 Å². The third-order valence-corrected chi connectivity index (χ3v) is 8.47. The van der Waals surface area contributed by atoms with Gasteiger partial charge in [0.2, 0.25) is 0 Å². The summed E-state index contributed by atoms with van der Waals surface area (Å²) in [7, 11) is 1.94. The minimum atomic E-state index is -0.963. The van der Waals surface area contributed by atoms with E-state index in [1.54, 1.807) is 12.4 Å². The van der Waals surface area contributed by atoms with Crippen molar-refractivity contribution in [1.29, 1.82) is 0 Å². The summed E-state index contributed by atoms with van der Waals surface area (Å²) >= 11 is 6.67. The number of fused-ring (bicyclic) bond motifs is 6. The monoisotopic (exact) mass is 554 g/mol.